The molecule has 0 atom stereocenters. The molecule has 0 saturated heterocycles. The standard InChI is InChI=1S/C11H4Cl4N2O2/c12-5-1-8(13)10(9(14)2-5)7-3-6(17(18)19)4-16-11(7)15/h1-4H. The molecule has 0 N–H and O–H groups in total. The average Bonchev–Trinajstić information content (AvgIpc) is 2.29. The molecule has 0 amide bonds. The van der Waals surface area contributed by atoms with Crippen molar-refractivity contribution in [3.63, 3.8) is 0 Å². The molecule has 0 aliphatic heterocycles. The normalized spacial score (nSPS) is 10.5. The number of nitrogens with zero attached hydrogens (tertiary/aromatic N) is 2. The number of halogens is 4. The SMILES string of the molecule is O=[N+]([O-])c1cnc(Cl)c(-c2c(Cl)cc(Cl)cc2Cl)c1. The van der Waals surface area contributed by atoms with Crippen molar-refractivity contribution in [3.05, 3.63) is 54.7 Å². The fourth-order valence-corrected chi connectivity index (χ4v) is 2.73. The Balaban J connectivity index is 2.71. The van der Waals surface area contributed by atoms with Crippen molar-refractivity contribution in [3.8, 4) is 11.1 Å². The molecule has 0 saturated carbocycles. The first-order valence-electron chi connectivity index (χ1n) is 4.85. The lowest BCUT2D eigenvalue weighted by Gasteiger charge is -2.09. The zero-order chi connectivity index (χ0) is 14.2. The van der Waals surface area contributed by atoms with E-state index in [-0.39, 0.29) is 26.4 Å². The summed E-state index contributed by atoms with van der Waals surface area (Å²) < 4.78 is 0. The first kappa shape index (κ1) is 14.3. The molecule has 0 aliphatic rings. The minimum atomic E-state index is -0.579. The number of rotatable bonds is 2. The molecule has 0 aliphatic carbocycles. The number of aromatic nitrogens is 1. The highest BCUT2D eigenvalue weighted by Gasteiger charge is 2.18. The van der Waals surface area contributed by atoms with Gasteiger partial charge < -0.3 is 0 Å². The van der Waals surface area contributed by atoms with E-state index >= 15 is 0 Å². The Kier molecular flexibility index (Phi) is 4.16. The zero-order valence-electron chi connectivity index (χ0n) is 9.03. The summed E-state index contributed by atoms with van der Waals surface area (Å²) in [6.45, 7) is 0. The van der Waals surface area contributed by atoms with Crippen LogP contribution in [-0.4, -0.2) is 9.91 Å². The summed E-state index contributed by atoms with van der Waals surface area (Å²) in [7, 11) is 0. The van der Waals surface area contributed by atoms with Gasteiger partial charge in [0.2, 0.25) is 0 Å². The van der Waals surface area contributed by atoms with Crippen LogP contribution in [-0.2, 0) is 0 Å². The van der Waals surface area contributed by atoms with Gasteiger partial charge in [0.1, 0.15) is 11.3 Å². The Hall–Kier alpha value is -1.07. The van der Waals surface area contributed by atoms with Crippen LogP contribution in [0.5, 0.6) is 0 Å². The van der Waals surface area contributed by atoms with Crippen LogP contribution >= 0.6 is 46.4 Å². The fraction of sp³-hybridized carbons (Fsp3) is 0. The van der Waals surface area contributed by atoms with Gasteiger partial charge in [-0.1, -0.05) is 46.4 Å². The molecule has 8 heteroatoms. The highest BCUT2D eigenvalue weighted by Crippen LogP contribution is 2.40. The van der Waals surface area contributed by atoms with Crippen molar-refractivity contribution in [2.75, 3.05) is 0 Å². The second kappa shape index (κ2) is 5.51. The van der Waals surface area contributed by atoms with E-state index in [0.717, 1.165) is 6.20 Å². The number of hydrogen-bond acceptors (Lipinski definition) is 3. The smallest absolute Gasteiger partial charge is 0.258 e. The molecule has 0 radical (unpaired) electrons. The quantitative estimate of drug-likeness (QED) is 0.426. The topological polar surface area (TPSA) is 56.0 Å². The molecule has 4 nitrogen and oxygen atoms in total. The molecular weight excluding hydrogens is 334 g/mol. The number of pyridine rings is 1. The lowest BCUT2D eigenvalue weighted by atomic mass is 10.1. The monoisotopic (exact) mass is 336 g/mol. The number of nitro groups is 1. The van der Waals surface area contributed by atoms with Crippen molar-refractivity contribution in [2.24, 2.45) is 0 Å². The molecular formula is C11H4Cl4N2O2. The third-order valence-electron chi connectivity index (χ3n) is 2.31. The van der Waals surface area contributed by atoms with Gasteiger partial charge >= 0.3 is 0 Å². The third kappa shape index (κ3) is 2.92. The minimum absolute atomic E-state index is 0.0664. The largest absolute Gasteiger partial charge is 0.288 e. The summed E-state index contributed by atoms with van der Waals surface area (Å²) in [6, 6.07) is 4.20. The van der Waals surface area contributed by atoms with Gasteiger partial charge in [-0.15, -0.1) is 0 Å². The predicted molar refractivity (Wildman–Crippen MR) is 76.4 cm³/mol. The van der Waals surface area contributed by atoms with Gasteiger partial charge in [-0.3, -0.25) is 10.1 Å². The summed E-state index contributed by atoms with van der Waals surface area (Å²) >= 11 is 23.8. The molecule has 98 valence electrons. The molecule has 0 bridgehead atoms. The third-order valence-corrected chi connectivity index (χ3v) is 3.43. The zero-order valence-corrected chi connectivity index (χ0v) is 12.1. The van der Waals surface area contributed by atoms with E-state index in [4.69, 9.17) is 46.4 Å². The molecule has 2 rings (SSSR count). The van der Waals surface area contributed by atoms with Crippen LogP contribution in [0, 0.1) is 10.1 Å². The lowest BCUT2D eigenvalue weighted by molar-refractivity contribution is -0.385. The van der Waals surface area contributed by atoms with Crippen LogP contribution in [0.25, 0.3) is 11.1 Å². The Bertz CT molecular complexity index is 653. The van der Waals surface area contributed by atoms with Crippen LogP contribution in [0.15, 0.2) is 24.4 Å². The van der Waals surface area contributed by atoms with E-state index < -0.39 is 4.92 Å². The summed E-state index contributed by atoms with van der Waals surface area (Å²) in [6.07, 6.45) is 1.06. The Morgan fingerprint density at radius 1 is 1.05 bits per heavy atom. The van der Waals surface area contributed by atoms with Crippen LogP contribution in [0.2, 0.25) is 20.2 Å². The number of benzene rings is 1. The van der Waals surface area contributed by atoms with Gasteiger partial charge in [-0.25, -0.2) is 4.98 Å². The molecule has 1 heterocycles. The first-order valence-corrected chi connectivity index (χ1v) is 6.36. The lowest BCUT2D eigenvalue weighted by Crippen LogP contribution is -1.92. The summed E-state index contributed by atoms with van der Waals surface area (Å²) in [4.78, 5) is 13.9. The van der Waals surface area contributed by atoms with Crippen LogP contribution in [0.4, 0.5) is 5.69 Å². The molecule has 19 heavy (non-hydrogen) atoms. The minimum Gasteiger partial charge on any atom is -0.258 e. The molecule has 1 aromatic carbocycles. The first-order chi connectivity index (χ1) is 8.90. The van der Waals surface area contributed by atoms with E-state index in [0.29, 0.717) is 10.6 Å². The van der Waals surface area contributed by atoms with Gasteiger partial charge in [0.15, 0.2) is 0 Å². The summed E-state index contributed by atoms with van der Waals surface area (Å²) in [5.74, 6) is 0. The van der Waals surface area contributed by atoms with E-state index in [1.807, 2.05) is 0 Å². The average molecular weight is 338 g/mol. The molecule has 2 aromatic rings. The maximum absolute atomic E-state index is 10.8. The highest BCUT2D eigenvalue weighted by molar-refractivity contribution is 6.43. The predicted octanol–water partition coefficient (Wildman–Crippen LogP) is 5.27. The van der Waals surface area contributed by atoms with E-state index in [1.165, 1.54) is 18.2 Å². The van der Waals surface area contributed by atoms with Gasteiger partial charge in [-0.05, 0) is 12.1 Å². The molecule has 1 aromatic heterocycles. The second-order valence-corrected chi connectivity index (χ2v) is 5.14. The van der Waals surface area contributed by atoms with Crippen molar-refractivity contribution >= 4 is 52.1 Å². The van der Waals surface area contributed by atoms with Crippen LogP contribution < -0.4 is 0 Å². The maximum atomic E-state index is 10.8. The van der Waals surface area contributed by atoms with Crippen molar-refractivity contribution < 1.29 is 4.92 Å². The van der Waals surface area contributed by atoms with Crippen molar-refractivity contribution in [2.45, 2.75) is 0 Å². The van der Waals surface area contributed by atoms with Crippen LogP contribution in [0.1, 0.15) is 0 Å². The second-order valence-electron chi connectivity index (χ2n) is 3.53. The van der Waals surface area contributed by atoms with Gasteiger partial charge in [0, 0.05) is 22.2 Å². The molecule has 0 fully saturated rings. The maximum Gasteiger partial charge on any atom is 0.288 e. The van der Waals surface area contributed by atoms with Crippen molar-refractivity contribution in [1.29, 1.82) is 0 Å². The van der Waals surface area contributed by atoms with Gasteiger partial charge in [-0.2, -0.15) is 0 Å². The Morgan fingerprint density at radius 3 is 2.16 bits per heavy atom. The number of hydrogen-bond donors (Lipinski definition) is 0. The summed E-state index contributed by atoms with van der Waals surface area (Å²) in [5, 5.41) is 11.7. The fourth-order valence-electron chi connectivity index (χ4n) is 1.51. The molecule has 0 spiro atoms. The molecule has 0 unspecified atom stereocenters. The Labute approximate surface area is 128 Å². The highest BCUT2D eigenvalue weighted by atomic mass is 35.5. The summed E-state index contributed by atoms with van der Waals surface area (Å²) in [5.41, 5.74) is 0.429. The van der Waals surface area contributed by atoms with Crippen LogP contribution in [0.3, 0.4) is 0 Å². The van der Waals surface area contributed by atoms with E-state index in [2.05, 4.69) is 4.98 Å². The van der Waals surface area contributed by atoms with E-state index in [9.17, 15) is 10.1 Å². The van der Waals surface area contributed by atoms with Gasteiger partial charge in [0.05, 0.1) is 15.0 Å². The van der Waals surface area contributed by atoms with E-state index in [1.54, 1.807) is 0 Å². The van der Waals surface area contributed by atoms with Gasteiger partial charge in [0.25, 0.3) is 5.69 Å². The van der Waals surface area contributed by atoms with Crippen molar-refractivity contribution in [1.82, 2.24) is 4.98 Å². The Morgan fingerprint density at radius 2 is 1.63 bits per heavy atom.